The number of piperidine rings is 3. The van der Waals surface area contributed by atoms with Crippen molar-refractivity contribution in [2.45, 2.75) is 25.0 Å². The number of aromatic nitrogens is 1. The van der Waals surface area contributed by atoms with E-state index in [1.54, 1.807) is 7.11 Å². The number of methoxy groups -OCH3 is 1. The highest BCUT2D eigenvalue weighted by molar-refractivity contribution is 7.41. The first-order valence-electron chi connectivity index (χ1n) is 10.3. The molecule has 4 aliphatic rings. The van der Waals surface area contributed by atoms with E-state index in [4.69, 9.17) is 18.3 Å². The van der Waals surface area contributed by atoms with Crippen molar-refractivity contribution in [3.63, 3.8) is 0 Å². The molecule has 4 fully saturated rings. The molecule has 5 atom stereocenters. The molecular weight excluding hydrogens is 387 g/mol. The van der Waals surface area contributed by atoms with Crippen LogP contribution in [0.15, 0.2) is 43.1 Å². The molecule has 0 spiro atoms. The molecule has 0 radical (unpaired) electrons. The number of fused-ring (bicyclic) bond motifs is 4. The average Bonchev–Trinajstić information content (AvgIpc) is 3.30. The number of ether oxygens (including phenoxy) is 1. The Balaban J connectivity index is 1.54. The Bertz CT molecular complexity index is 888. The first kappa shape index (κ1) is 19.4. The van der Waals surface area contributed by atoms with E-state index in [-0.39, 0.29) is 12.1 Å². The van der Waals surface area contributed by atoms with Crippen LogP contribution in [-0.2, 0) is 13.6 Å². The third-order valence-electron chi connectivity index (χ3n) is 6.47. The Morgan fingerprint density at radius 1 is 1.31 bits per heavy atom. The Hall–Kier alpha value is -1.56. The van der Waals surface area contributed by atoms with Crippen molar-refractivity contribution in [2.24, 2.45) is 11.8 Å². The standard InChI is InChI=1S/C22H27N2O4P/c1-3-15-14-24-9-7-16(15)12-21(24)22(28-29-26-10-11-27-29)18-6-8-23-20-5-4-17(25-2)13-19(18)20/h3-6,8,13,15-16,21-22H,1,7,9-12,14H2,2H3. The summed E-state index contributed by atoms with van der Waals surface area (Å²) in [7, 11) is 0.368. The SMILES string of the molecule is C=CC1CN2CCC1CC2C(OP1OCCO1)c1ccnc2ccc(OC)cc12. The van der Waals surface area contributed by atoms with Gasteiger partial charge in [0.05, 0.1) is 25.8 Å². The minimum atomic E-state index is -1.32. The maximum atomic E-state index is 6.52. The van der Waals surface area contributed by atoms with Gasteiger partial charge >= 0.3 is 8.60 Å². The van der Waals surface area contributed by atoms with Crippen molar-refractivity contribution in [2.75, 3.05) is 33.4 Å². The maximum Gasteiger partial charge on any atom is 0.333 e. The summed E-state index contributed by atoms with van der Waals surface area (Å²) < 4.78 is 23.4. The van der Waals surface area contributed by atoms with E-state index >= 15 is 0 Å². The highest BCUT2D eigenvalue weighted by atomic mass is 31.2. The second-order valence-electron chi connectivity index (χ2n) is 7.95. The fraction of sp³-hybridized carbons (Fsp3) is 0.500. The predicted octanol–water partition coefficient (Wildman–Crippen LogP) is 4.47. The maximum absolute atomic E-state index is 6.52. The molecule has 0 N–H and O–H groups in total. The fourth-order valence-corrected chi connectivity index (χ4v) is 6.05. The summed E-state index contributed by atoms with van der Waals surface area (Å²) in [5.41, 5.74) is 2.07. The van der Waals surface area contributed by atoms with Crippen LogP contribution in [0.5, 0.6) is 5.75 Å². The molecule has 2 aromatic rings. The van der Waals surface area contributed by atoms with Gasteiger partial charge in [0.2, 0.25) is 0 Å². The third kappa shape index (κ3) is 3.69. The van der Waals surface area contributed by atoms with E-state index < -0.39 is 8.60 Å². The van der Waals surface area contributed by atoms with Crippen molar-refractivity contribution < 1.29 is 18.3 Å². The van der Waals surface area contributed by atoms with Gasteiger partial charge in [-0.15, -0.1) is 6.58 Å². The lowest BCUT2D eigenvalue weighted by Crippen LogP contribution is -2.55. The number of hydrogen-bond acceptors (Lipinski definition) is 6. The van der Waals surface area contributed by atoms with Crippen molar-refractivity contribution >= 4 is 19.5 Å². The zero-order valence-electron chi connectivity index (χ0n) is 16.7. The molecule has 7 heteroatoms. The van der Waals surface area contributed by atoms with Crippen molar-refractivity contribution in [3.8, 4) is 5.75 Å². The molecule has 6 rings (SSSR count). The molecule has 5 heterocycles. The quantitative estimate of drug-likeness (QED) is 0.514. The van der Waals surface area contributed by atoms with Crippen molar-refractivity contribution in [3.05, 3.63) is 48.7 Å². The van der Waals surface area contributed by atoms with Gasteiger partial charge in [-0.25, -0.2) is 0 Å². The Kier molecular flexibility index (Phi) is 5.55. The lowest BCUT2D eigenvalue weighted by molar-refractivity contribution is -0.0385. The van der Waals surface area contributed by atoms with Gasteiger partial charge in [-0.3, -0.25) is 9.88 Å². The second-order valence-corrected chi connectivity index (χ2v) is 9.12. The summed E-state index contributed by atoms with van der Waals surface area (Å²) in [4.78, 5) is 7.12. The summed E-state index contributed by atoms with van der Waals surface area (Å²) in [5, 5.41) is 1.06. The lowest BCUT2D eigenvalue weighted by Gasteiger charge is -2.51. The summed E-state index contributed by atoms with van der Waals surface area (Å²) in [6.07, 6.45) is 6.19. The number of benzene rings is 1. The van der Waals surface area contributed by atoms with Crippen LogP contribution in [0.4, 0.5) is 0 Å². The van der Waals surface area contributed by atoms with Crippen LogP contribution in [-0.4, -0.2) is 49.3 Å². The number of pyridine rings is 1. The van der Waals surface area contributed by atoms with Crippen LogP contribution in [0, 0.1) is 11.8 Å². The summed E-state index contributed by atoms with van der Waals surface area (Å²) in [5.74, 6) is 2.05. The molecular formula is C22H27N2O4P. The van der Waals surface area contributed by atoms with Gasteiger partial charge in [0.15, 0.2) is 0 Å². The van der Waals surface area contributed by atoms with Crippen LogP contribution in [0.2, 0.25) is 0 Å². The van der Waals surface area contributed by atoms with Crippen LogP contribution in [0.3, 0.4) is 0 Å². The summed E-state index contributed by atoms with van der Waals surface area (Å²) in [6.45, 7) is 7.40. The van der Waals surface area contributed by atoms with Crippen LogP contribution in [0.1, 0.15) is 24.5 Å². The number of hydrogen-bond donors (Lipinski definition) is 0. The molecule has 1 aromatic carbocycles. The highest BCUT2D eigenvalue weighted by Crippen LogP contribution is 2.52. The summed E-state index contributed by atoms with van der Waals surface area (Å²) in [6, 6.07) is 8.37. The molecule has 0 aliphatic carbocycles. The molecule has 5 unspecified atom stereocenters. The van der Waals surface area contributed by atoms with Gasteiger partial charge in [0.25, 0.3) is 0 Å². The second kappa shape index (κ2) is 8.29. The molecule has 154 valence electrons. The molecule has 0 saturated carbocycles. The first-order chi connectivity index (χ1) is 14.3. The van der Waals surface area contributed by atoms with E-state index in [2.05, 4.69) is 34.7 Å². The van der Waals surface area contributed by atoms with E-state index in [1.807, 2.05) is 18.3 Å². The fourth-order valence-electron chi connectivity index (χ4n) is 4.96. The topological polar surface area (TPSA) is 53.1 Å². The average molecular weight is 414 g/mol. The van der Waals surface area contributed by atoms with Gasteiger partial charge in [-0.2, -0.15) is 0 Å². The van der Waals surface area contributed by atoms with E-state index in [9.17, 15) is 0 Å². The molecule has 4 saturated heterocycles. The monoisotopic (exact) mass is 414 g/mol. The van der Waals surface area contributed by atoms with Crippen LogP contribution in [0.25, 0.3) is 10.9 Å². The number of rotatable bonds is 6. The van der Waals surface area contributed by atoms with E-state index in [0.29, 0.717) is 25.0 Å². The van der Waals surface area contributed by atoms with Crippen molar-refractivity contribution in [1.82, 2.24) is 9.88 Å². The minimum absolute atomic E-state index is 0.134. The smallest absolute Gasteiger partial charge is 0.333 e. The zero-order chi connectivity index (χ0) is 19.8. The highest BCUT2D eigenvalue weighted by Gasteiger charge is 2.44. The van der Waals surface area contributed by atoms with Crippen molar-refractivity contribution in [1.29, 1.82) is 0 Å². The lowest BCUT2D eigenvalue weighted by atomic mass is 9.73. The molecule has 6 nitrogen and oxygen atoms in total. The normalized spacial score (nSPS) is 30.5. The van der Waals surface area contributed by atoms with Crippen LogP contribution < -0.4 is 4.74 Å². The van der Waals surface area contributed by atoms with Gasteiger partial charge in [0, 0.05) is 24.2 Å². The van der Waals surface area contributed by atoms with E-state index in [0.717, 1.165) is 41.7 Å². The van der Waals surface area contributed by atoms with Gasteiger partial charge < -0.3 is 18.3 Å². The Morgan fingerprint density at radius 3 is 2.90 bits per heavy atom. The molecule has 29 heavy (non-hydrogen) atoms. The zero-order valence-corrected chi connectivity index (χ0v) is 17.6. The van der Waals surface area contributed by atoms with E-state index in [1.165, 1.54) is 6.42 Å². The Morgan fingerprint density at radius 2 is 2.17 bits per heavy atom. The molecule has 0 amide bonds. The van der Waals surface area contributed by atoms with Crippen LogP contribution >= 0.6 is 8.60 Å². The molecule has 1 aromatic heterocycles. The molecule has 4 aliphatic heterocycles. The first-order valence-corrected chi connectivity index (χ1v) is 11.4. The Labute approximate surface area is 172 Å². The summed E-state index contributed by atoms with van der Waals surface area (Å²) >= 11 is 0. The van der Waals surface area contributed by atoms with Gasteiger partial charge in [-0.05, 0) is 61.1 Å². The predicted molar refractivity (Wildman–Crippen MR) is 113 cm³/mol. The van der Waals surface area contributed by atoms with Gasteiger partial charge in [-0.1, -0.05) is 6.08 Å². The minimum Gasteiger partial charge on any atom is -0.497 e. The third-order valence-corrected chi connectivity index (χ3v) is 7.65. The van der Waals surface area contributed by atoms with Gasteiger partial charge in [0.1, 0.15) is 11.9 Å². The largest absolute Gasteiger partial charge is 0.497 e. The molecule has 2 bridgehead atoms. The number of nitrogens with zero attached hydrogens (tertiary/aromatic N) is 2.